The van der Waals surface area contributed by atoms with E-state index in [0.717, 1.165) is 22.2 Å². The number of hydrogen-bond acceptors (Lipinski definition) is 5. The zero-order valence-corrected chi connectivity index (χ0v) is 22.7. The van der Waals surface area contributed by atoms with Gasteiger partial charge >= 0.3 is 0 Å². The highest BCUT2D eigenvalue weighted by Crippen LogP contribution is 2.38. The highest BCUT2D eigenvalue weighted by molar-refractivity contribution is 9.11. The van der Waals surface area contributed by atoms with Gasteiger partial charge in [-0.3, -0.25) is 14.5 Å². The van der Waals surface area contributed by atoms with Gasteiger partial charge in [0.2, 0.25) is 0 Å². The monoisotopic (exact) mass is 639 g/mol. The number of amides is 2. The summed E-state index contributed by atoms with van der Waals surface area (Å²) in [6, 6.07) is 16.5. The van der Waals surface area contributed by atoms with Gasteiger partial charge < -0.3 is 9.47 Å². The Bertz CT molecular complexity index is 1260. The highest BCUT2D eigenvalue weighted by Gasteiger charge is 2.34. The van der Waals surface area contributed by atoms with E-state index >= 15 is 0 Å². The Hall–Kier alpha value is -2.33. The molecule has 0 saturated carbocycles. The summed E-state index contributed by atoms with van der Waals surface area (Å²) in [5.74, 6) is 0.495. The number of halogens is 4. The molecular weight excluding hydrogens is 625 g/mol. The van der Waals surface area contributed by atoms with Crippen LogP contribution in [0.25, 0.3) is 6.08 Å². The lowest BCUT2D eigenvalue weighted by Crippen LogP contribution is -2.32. The molecule has 4 rings (SSSR count). The average molecular weight is 642 g/mol. The highest BCUT2D eigenvalue weighted by atomic mass is 79.9. The van der Waals surface area contributed by atoms with Crippen LogP contribution in [0, 0.1) is 5.82 Å². The minimum atomic E-state index is -0.372. The van der Waals surface area contributed by atoms with Crippen molar-refractivity contribution in [3.8, 4) is 11.5 Å². The maximum Gasteiger partial charge on any atom is 0.293 e. The van der Waals surface area contributed by atoms with E-state index in [4.69, 9.17) is 21.1 Å². The molecule has 0 spiro atoms. The van der Waals surface area contributed by atoms with Gasteiger partial charge in [0, 0.05) is 5.02 Å². The Labute approximate surface area is 227 Å². The number of nitrogens with zero attached hydrogens (tertiary/aromatic N) is 1. The summed E-state index contributed by atoms with van der Waals surface area (Å²) in [4.78, 5) is 26.7. The van der Waals surface area contributed by atoms with Crippen LogP contribution in [0.4, 0.5) is 9.18 Å². The first-order chi connectivity index (χ1) is 16.8. The van der Waals surface area contributed by atoms with Crippen molar-refractivity contribution in [3.05, 3.63) is 96.5 Å². The molecule has 5 nitrogen and oxygen atoms in total. The van der Waals surface area contributed by atoms with Crippen molar-refractivity contribution in [3.63, 3.8) is 0 Å². The van der Waals surface area contributed by atoms with Crippen LogP contribution in [-0.2, 0) is 11.4 Å². The zero-order valence-electron chi connectivity index (χ0n) is 18.0. The van der Waals surface area contributed by atoms with Crippen molar-refractivity contribution < 1.29 is 23.5 Å². The van der Waals surface area contributed by atoms with Crippen molar-refractivity contribution in [2.24, 2.45) is 0 Å². The van der Waals surface area contributed by atoms with Crippen molar-refractivity contribution in [1.29, 1.82) is 0 Å². The van der Waals surface area contributed by atoms with E-state index in [0.29, 0.717) is 35.9 Å². The molecule has 0 bridgehead atoms. The molecule has 1 heterocycles. The van der Waals surface area contributed by atoms with E-state index in [2.05, 4.69) is 31.9 Å². The lowest BCUT2D eigenvalue weighted by molar-refractivity contribution is -0.123. The second kappa shape index (κ2) is 11.6. The molecule has 0 unspecified atom stereocenters. The molecule has 0 radical (unpaired) electrons. The van der Waals surface area contributed by atoms with Crippen molar-refractivity contribution in [2.45, 2.75) is 6.61 Å². The Morgan fingerprint density at radius 1 is 0.971 bits per heavy atom. The standard InChI is InChI=1S/C25H17Br2ClFNO4S/c26-20-11-16(12-21(27)23(20)34-14-15-1-5-18(29)6-2-15)13-22-24(31)30(25(32)35-22)9-10-33-19-7-3-17(28)4-8-19/h1-8,11-13H,9-10,14H2/b22-13-. The number of imide groups is 1. The molecule has 3 aromatic carbocycles. The Morgan fingerprint density at radius 3 is 2.29 bits per heavy atom. The molecule has 10 heteroatoms. The number of carbonyl (C=O) groups excluding carboxylic acids is 2. The maximum atomic E-state index is 13.1. The van der Waals surface area contributed by atoms with Crippen LogP contribution in [0.2, 0.25) is 5.02 Å². The van der Waals surface area contributed by atoms with Crippen molar-refractivity contribution in [2.75, 3.05) is 13.2 Å². The zero-order chi connectivity index (χ0) is 24.9. The summed E-state index contributed by atoms with van der Waals surface area (Å²) in [5, 5.41) is 0.248. The molecule has 2 amide bonds. The van der Waals surface area contributed by atoms with E-state index in [1.807, 2.05) is 0 Å². The number of benzene rings is 3. The second-order valence-corrected chi connectivity index (χ2v) is 10.5. The number of thioether (sulfide) groups is 1. The molecule has 1 aliphatic heterocycles. The molecule has 35 heavy (non-hydrogen) atoms. The van der Waals surface area contributed by atoms with Gasteiger partial charge in [-0.2, -0.15) is 0 Å². The normalized spacial score (nSPS) is 14.6. The molecule has 1 saturated heterocycles. The second-order valence-electron chi connectivity index (χ2n) is 7.36. The predicted molar refractivity (Wildman–Crippen MR) is 142 cm³/mol. The maximum absolute atomic E-state index is 13.1. The Kier molecular flexibility index (Phi) is 8.54. The van der Waals surface area contributed by atoms with Gasteiger partial charge in [0.25, 0.3) is 11.1 Å². The van der Waals surface area contributed by atoms with Gasteiger partial charge in [0.1, 0.15) is 30.5 Å². The van der Waals surface area contributed by atoms with Crippen LogP contribution >= 0.6 is 55.2 Å². The number of rotatable bonds is 8. The topological polar surface area (TPSA) is 55.8 Å². The molecule has 180 valence electrons. The van der Waals surface area contributed by atoms with Crippen LogP contribution in [0.5, 0.6) is 11.5 Å². The molecule has 1 fully saturated rings. The first-order valence-electron chi connectivity index (χ1n) is 10.3. The fourth-order valence-electron chi connectivity index (χ4n) is 3.17. The fourth-order valence-corrected chi connectivity index (χ4v) is 5.61. The molecule has 0 aromatic heterocycles. The average Bonchev–Trinajstić information content (AvgIpc) is 3.08. The van der Waals surface area contributed by atoms with Crippen LogP contribution < -0.4 is 9.47 Å². The summed E-state index contributed by atoms with van der Waals surface area (Å²) >= 11 is 13.7. The molecule has 0 aliphatic carbocycles. The lowest BCUT2D eigenvalue weighted by atomic mass is 10.2. The van der Waals surface area contributed by atoms with E-state index in [9.17, 15) is 14.0 Å². The van der Waals surface area contributed by atoms with E-state index in [1.54, 1.807) is 54.6 Å². The predicted octanol–water partition coefficient (Wildman–Crippen LogP) is 7.70. The van der Waals surface area contributed by atoms with Gasteiger partial charge in [0.15, 0.2) is 0 Å². The fraction of sp³-hybridized carbons (Fsp3) is 0.120. The van der Waals surface area contributed by atoms with Crippen LogP contribution in [0.3, 0.4) is 0 Å². The first kappa shape index (κ1) is 25.8. The van der Waals surface area contributed by atoms with Gasteiger partial charge in [-0.05, 0) is 109 Å². The van der Waals surface area contributed by atoms with Crippen molar-refractivity contribution >= 4 is 72.4 Å². The van der Waals surface area contributed by atoms with Crippen LogP contribution in [0.15, 0.2) is 74.5 Å². The quantitative estimate of drug-likeness (QED) is 0.236. The van der Waals surface area contributed by atoms with E-state index in [-0.39, 0.29) is 36.7 Å². The summed E-state index contributed by atoms with van der Waals surface area (Å²) < 4.78 is 25.9. The third-order valence-electron chi connectivity index (χ3n) is 4.89. The largest absolute Gasteiger partial charge is 0.492 e. The SMILES string of the molecule is O=C1S/C(=C\c2cc(Br)c(OCc3ccc(F)cc3)c(Br)c2)C(=O)N1CCOc1ccc(Cl)cc1. The lowest BCUT2D eigenvalue weighted by Gasteiger charge is -2.13. The molecule has 3 aromatic rings. The van der Waals surface area contributed by atoms with Crippen LogP contribution in [-0.4, -0.2) is 29.2 Å². The molecular formula is C25H17Br2ClFNO4S. The minimum absolute atomic E-state index is 0.133. The molecule has 0 N–H and O–H groups in total. The summed E-state index contributed by atoms with van der Waals surface area (Å²) in [5.41, 5.74) is 1.53. The summed E-state index contributed by atoms with van der Waals surface area (Å²) in [6.45, 7) is 0.562. The number of hydrogen-bond donors (Lipinski definition) is 0. The third kappa shape index (κ3) is 6.67. The number of carbonyl (C=O) groups is 2. The number of ether oxygens (including phenoxy) is 2. The first-order valence-corrected chi connectivity index (χ1v) is 13.1. The third-order valence-corrected chi connectivity index (χ3v) is 7.22. The van der Waals surface area contributed by atoms with E-state index in [1.165, 1.54) is 12.1 Å². The van der Waals surface area contributed by atoms with Gasteiger partial charge in [-0.25, -0.2) is 4.39 Å². The smallest absolute Gasteiger partial charge is 0.293 e. The Balaban J connectivity index is 1.40. The summed E-state index contributed by atoms with van der Waals surface area (Å²) in [7, 11) is 0. The van der Waals surface area contributed by atoms with Gasteiger partial charge in [0.05, 0.1) is 20.4 Å². The molecule has 1 aliphatic rings. The van der Waals surface area contributed by atoms with Crippen LogP contribution in [0.1, 0.15) is 11.1 Å². The minimum Gasteiger partial charge on any atom is -0.492 e. The van der Waals surface area contributed by atoms with Crippen molar-refractivity contribution in [1.82, 2.24) is 4.90 Å². The molecule has 0 atom stereocenters. The summed E-state index contributed by atoms with van der Waals surface area (Å²) in [6.07, 6.45) is 1.66. The van der Waals surface area contributed by atoms with E-state index < -0.39 is 0 Å². The van der Waals surface area contributed by atoms with Gasteiger partial charge in [-0.1, -0.05) is 23.7 Å². The Morgan fingerprint density at radius 2 is 1.63 bits per heavy atom. The van der Waals surface area contributed by atoms with Gasteiger partial charge in [-0.15, -0.1) is 0 Å².